The van der Waals surface area contributed by atoms with Gasteiger partial charge >= 0.3 is 0 Å². The zero-order valence-corrected chi connectivity index (χ0v) is 13.0. The maximum atomic E-state index is 13.0. The van der Waals surface area contributed by atoms with E-state index in [-0.39, 0.29) is 11.2 Å². The van der Waals surface area contributed by atoms with Crippen LogP contribution in [0.5, 0.6) is 0 Å². The Kier molecular flexibility index (Phi) is 4.05. The molecule has 1 saturated heterocycles. The molecule has 2 heterocycles. The van der Waals surface area contributed by atoms with E-state index in [0.717, 1.165) is 44.2 Å². The smallest absolute Gasteiger partial charge is 0.205 e. The van der Waals surface area contributed by atoms with E-state index < -0.39 is 0 Å². The van der Waals surface area contributed by atoms with Crippen LogP contribution in [0.25, 0.3) is 11.0 Å². The van der Waals surface area contributed by atoms with Crippen molar-refractivity contribution in [3.63, 3.8) is 0 Å². The molecule has 0 bridgehead atoms. The summed E-state index contributed by atoms with van der Waals surface area (Å²) in [5.74, 6) is 0.555. The largest absolute Gasteiger partial charge is 0.451 e. The molecule has 1 fully saturated rings. The molecule has 0 aliphatic carbocycles. The molecule has 0 radical (unpaired) electrons. The van der Waals surface area contributed by atoms with Crippen molar-refractivity contribution in [1.82, 2.24) is 5.32 Å². The molecule has 1 aliphatic rings. The summed E-state index contributed by atoms with van der Waals surface area (Å²) in [7, 11) is 0. The zero-order chi connectivity index (χ0) is 14.9. The Morgan fingerprint density at radius 3 is 3.00 bits per heavy atom. The van der Waals surface area contributed by atoms with Gasteiger partial charge in [-0.2, -0.15) is 0 Å². The number of Topliss-reactive ketones (excluding diaryl/α,β-unsaturated/α-hetero) is 1. The molecule has 3 rings (SSSR count). The highest BCUT2D eigenvalue weighted by molar-refractivity contribution is 6.34. The highest BCUT2D eigenvalue weighted by Gasteiger charge is 2.40. The molecule has 4 heteroatoms. The van der Waals surface area contributed by atoms with Gasteiger partial charge in [-0.1, -0.05) is 37.1 Å². The van der Waals surface area contributed by atoms with E-state index in [4.69, 9.17) is 16.0 Å². The molecule has 1 aromatic heterocycles. The van der Waals surface area contributed by atoms with Crippen molar-refractivity contribution in [3.05, 3.63) is 35.0 Å². The molecule has 1 atom stereocenters. The van der Waals surface area contributed by atoms with Crippen LogP contribution in [-0.4, -0.2) is 18.9 Å². The summed E-state index contributed by atoms with van der Waals surface area (Å²) in [6.45, 7) is 3.86. The van der Waals surface area contributed by atoms with Crippen molar-refractivity contribution in [3.8, 4) is 0 Å². The summed E-state index contributed by atoms with van der Waals surface area (Å²) >= 11 is 6.14. The Hall–Kier alpha value is -1.32. The van der Waals surface area contributed by atoms with Crippen molar-refractivity contribution < 1.29 is 9.21 Å². The molecule has 0 saturated carbocycles. The number of fused-ring (bicyclic) bond motifs is 1. The predicted molar refractivity (Wildman–Crippen MR) is 85.0 cm³/mol. The third kappa shape index (κ3) is 2.60. The van der Waals surface area contributed by atoms with Crippen molar-refractivity contribution in [2.24, 2.45) is 5.41 Å². The lowest BCUT2D eigenvalue weighted by molar-refractivity contribution is 0.0689. The van der Waals surface area contributed by atoms with Crippen molar-refractivity contribution in [1.29, 1.82) is 0 Å². The van der Waals surface area contributed by atoms with Gasteiger partial charge in [0, 0.05) is 17.3 Å². The standard InChI is InChI=1S/C17H20ClNO2/c1-2-7-17(8-4-9-19-11-17)16(20)14-10-12-5-3-6-13(18)15(12)21-14/h3,5-6,10,19H,2,4,7-9,11H2,1H3. The number of carbonyl (C=O) groups is 1. The Morgan fingerprint density at radius 2 is 2.33 bits per heavy atom. The lowest BCUT2D eigenvalue weighted by Crippen LogP contribution is -2.45. The van der Waals surface area contributed by atoms with E-state index in [1.165, 1.54) is 0 Å². The Balaban J connectivity index is 1.99. The number of para-hydroxylation sites is 1. The molecular weight excluding hydrogens is 286 g/mol. The van der Waals surface area contributed by atoms with Gasteiger partial charge in [-0.3, -0.25) is 4.79 Å². The van der Waals surface area contributed by atoms with Crippen LogP contribution in [0.3, 0.4) is 0 Å². The maximum absolute atomic E-state index is 13.0. The van der Waals surface area contributed by atoms with E-state index in [2.05, 4.69) is 12.2 Å². The van der Waals surface area contributed by atoms with Gasteiger partial charge in [0.2, 0.25) is 5.78 Å². The second-order valence-electron chi connectivity index (χ2n) is 5.91. The summed E-state index contributed by atoms with van der Waals surface area (Å²) < 4.78 is 5.78. The number of carbonyl (C=O) groups excluding carboxylic acids is 1. The molecule has 112 valence electrons. The SMILES string of the molecule is CCCC1(C(=O)c2cc3cccc(Cl)c3o2)CCCNC1. The van der Waals surface area contributed by atoms with Crippen LogP contribution in [0, 0.1) is 5.41 Å². The fraction of sp³-hybridized carbons (Fsp3) is 0.471. The minimum Gasteiger partial charge on any atom is -0.451 e. The first kappa shape index (κ1) is 14.6. The van der Waals surface area contributed by atoms with Crippen molar-refractivity contribution in [2.45, 2.75) is 32.6 Å². The quantitative estimate of drug-likeness (QED) is 0.849. The van der Waals surface area contributed by atoms with Gasteiger partial charge in [-0.15, -0.1) is 0 Å². The number of nitrogens with one attached hydrogen (secondary N) is 1. The van der Waals surface area contributed by atoms with E-state index in [1.807, 2.05) is 18.2 Å². The van der Waals surface area contributed by atoms with Crippen molar-refractivity contribution in [2.75, 3.05) is 13.1 Å². The predicted octanol–water partition coefficient (Wildman–Crippen LogP) is 4.44. The summed E-state index contributed by atoms with van der Waals surface area (Å²) in [6.07, 6.45) is 3.85. The monoisotopic (exact) mass is 305 g/mol. The average molecular weight is 306 g/mol. The van der Waals surface area contributed by atoms with Crippen LogP contribution >= 0.6 is 11.6 Å². The van der Waals surface area contributed by atoms with Gasteiger partial charge in [0.05, 0.1) is 5.02 Å². The summed E-state index contributed by atoms with van der Waals surface area (Å²) in [4.78, 5) is 13.0. The third-order valence-electron chi connectivity index (χ3n) is 4.40. The number of rotatable bonds is 4. The van der Waals surface area contributed by atoms with Gasteiger partial charge in [0.1, 0.15) is 0 Å². The number of benzene rings is 1. The first-order valence-electron chi connectivity index (χ1n) is 7.60. The second kappa shape index (κ2) is 5.82. The molecule has 3 nitrogen and oxygen atoms in total. The third-order valence-corrected chi connectivity index (χ3v) is 4.70. The summed E-state index contributed by atoms with van der Waals surface area (Å²) in [6, 6.07) is 7.41. The summed E-state index contributed by atoms with van der Waals surface area (Å²) in [5, 5.41) is 4.81. The molecule has 0 spiro atoms. The highest BCUT2D eigenvalue weighted by Crippen LogP contribution is 2.37. The first-order valence-corrected chi connectivity index (χ1v) is 7.98. The molecule has 1 aliphatic heterocycles. The van der Waals surface area contributed by atoms with Crippen LogP contribution in [0.1, 0.15) is 43.2 Å². The minimum absolute atomic E-state index is 0.115. The lowest BCUT2D eigenvalue weighted by Gasteiger charge is -2.35. The average Bonchev–Trinajstić information content (AvgIpc) is 2.93. The number of halogens is 1. The number of piperidine rings is 1. The Labute approximate surface area is 129 Å². The van der Waals surface area contributed by atoms with E-state index in [0.29, 0.717) is 16.4 Å². The number of ketones is 1. The van der Waals surface area contributed by atoms with Gasteiger partial charge in [0.15, 0.2) is 11.3 Å². The molecule has 1 unspecified atom stereocenters. The van der Waals surface area contributed by atoms with Gasteiger partial charge in [-0.05, 0) is 37.9 Å². The van der Waals surface area contributed by atoms with E-state index in [9.17, 15) is 4.79 Å². The van der Waals surface area contributed by atoms with E-state index >= 15 is 0 Å². The fourth-order valence-electron chi connectivity index (χ4n) is 3.37. The summed E-state index contributed by atoms with van der Waals surface area (Å²) in [5.41, 5.74) is 0.283. The maximum Gasteiger partial charge on any atom is 0.205 e. The van der Waals surface area contributed by atoms with Gasteiger partial charge in [-0.25, -0.2) is 0 Å². The first-order chi connectivity index (χ1) is 10.2. The van der Waals surface area contributed by atoms with Gasteiger partial charge < -0.3 is 9.73 Å². The second-order valence-corrected chi connectivity index (χ2v) is 6.32. The molecular formula is C17H20ClNO2. The van der Waals surface area contributed by atoms with Crippen LogP contribution in [0.4, 0.5) is 0 Å². The number of hydrogen-bond acceptors (Lipinski definition) is 3. The molecule has 21 heavy (non-hydrogen) atoms. The lowest BCUT2D eigenvalue weighted by atomic mass is 9.73. The Bertz CT molecular complexity index is 650. The molecule has 1 N–H and O–H groups in total. The number of furan rings is 1. The van der Waals surface area contributed by atoms with Crippen LogP contribution < -0.4 is 5.32 Å². The molecule has 0 amide bonds. The Morgan fingerprint density at radius 1 is 1.48 bits per heavy atom. The van der Waals surface area contributed by atoms with Crippen LogP contribution in [0.2, 0.25) is 5.02 Å². The zero-order valence-electron chi connectivity index (χ0n) is 12.2. The van der Waals surface area contributed by atoms with Crippen LogP contribution in [-0.2, 0) is 0 Å². The number of hydrogen-bond donors (Lipinski definition) is 1. The van der Waals surface area contributed by atoms with Gasteiger partial charge in [0.25, 0.3) is 0 Å². The topological polar surface area (TPSA) is 42.2 Å². The minimum atomic E-state index is -0.326. The van der Waals surface area contributed by atoms with E-state index in [1.54, 1.807) is 6.07 Å². The van der Waals surface area contributed by atoms with Crippen molar-refractivity contribution >= 4 is 28.4 Å². The van der Waals surface area contributed by atoms with Crippen LogP contribution in [0.15, 0.2) is 28.7 Å². The fourth-order valence-corrected chi connectivity index (χ4v) is 3.59. The molecule has 2 aromatic rings. The normalized spacial score (nSPS) is 22.6. The molecule has 1 aromatic carbocycles. The highest BCUT2D eigenvalue weighted by atomic mass is 35.5.